The second-order valence-corrected chi connectivity index (χ2v) is 7.01. The summed E-state index contributed by atoms with van der Waals surface area (Å²) in [7, 11) is 0. The zero-order valence-corrected chi connectivity index (χ0v) is 13.8. The minimum Gasteiger partial charge on any atom is -0.368 e. The van der Waals surface area contributed by atoms with Crippen LogP contribution in [0.4, 0.5) is 16.2 Å². The van der Waals surface area contributed by atoms with Gasteiger partial charge in [-0.15, -0.1) is 0 Å². The van der Waals surface area contributed by atoms with Crippen molar-refractivity contribution in [2.45, 2.75) is 31.7 Å². The van der Waals surface area contributed by atoms with Crippen LogP contribution in [0, 0.1) is 5.92 Å². The molecule has 0 aromatic heterocycles. The van der Waals surface area contributed by atoms with E-state index in [1.54, 1.807) is 0 Å². The Bertz CT molecular complexity index is 614. The van der Waals surface area contributed by atoms with E-state index >= 15 is 0 Å². The summed E-state index contributed by atoms with van der Waals surface area (Å²) in [6.07, 6.45) is 4.31. The Labute approximate surface area is 142 Å². The smallest absolute Gasteiger partial charge is 0.319 e. The van der Waals surface area contributed by atoms with Gasteiger partial charge in [0.05, 0.1) is 0 Å². The van der Waals surface area contributed by atoms with Gasteiger partial charge >= 0.3 is 6.03 Å². The Hall–Kier alpha value is -2.24. The number of nitrogens with one attached hydrogen (secondary N) is 2. The molecule has 3 aliphatic rings. The minimum atomic E-state index is -0.127. The van der Waals surface area contributed by atoms with E-state index in [0.29, 0.717) is 17.9 Å². The third kappa shape index (κ3) is 3.63. The van der Waals surface area contributed by atoms with Crippen molar-refractivity contribution in [2.75, 3.05) is 36.4 Å². The summed E-state index contributed by atoms with van der Waals surface area (Å²) in [5, 5.41) is 5.78. The summed E-state index contributed by atoms with van der Waals surface area (Å²) in [5.74, 6) is 0.652. The van der Waals surface area contributed by atoms with Crippen molar-refractivity contribution >= 4 is 23.3 Å². The van der Waals surface area contributed by atoms with Gasteiger partial charge in [0, 0.05) is 49.5 Å². The highest BCUT2D eigenvalue weighted by atomic mass is 16.2. The lowest BCUT2D eigenvalue weighted by atomic mass is 10.2. The van der Waals surface area contributed by atoms with Crippen molar-refractivity contribution in [3.8, 4) is 0 Å². The van der Waals surface area contributed by atoms with Gasteiger partial charge in [-0.25, -0.2) is 4.79 Å². The first kappa shape index (κ1) is 15.3. The van der Waals surface area contributed by atoms with Gasteiger partial charge in [0.2, 0.25) is 5.91 Å². The maximum Gasteiger partial charge on any atom is 0.319 e. The monoisotopic (exact) mass is 328 g/mol. The van der Waals surface area contributed by atoms with Crippen molar-refractivity contribution in [1.29, 1.82) is 0 Å². The van der Waals surface area contributed by atoms with Crippen LogP contribution in [0.3, 0.4) is 0 Å². The van der Waals surface area contributed by atoms with Gasteiger partial charge in [-0.05, 0) is 49.9 Å². The molecule has 3 fully saturated rings. The fraction of sp³-hybridized carbons (Fsp3) is 0.556. The third-order valence-corrected chi connectivity index (χ3v) is 4.92. The standard InChI is InChI=1S/C18H24N4O2/c23-17(13-1-2-13)22-11-9-21(10-12-22)16-7-5-15(6-8-16)20-18(24)19-14-3-4-14/h5-8,13-14H,1-4,9-12H2,(H2,19,20,24). The molecule has 4 rings (SSSR count). The number of hydrogen-bond acceptors (Lipinski definition) is 3. The first-order valence-corrected chi connectivity index (χ1v) is 8.90. The average Bonchev–Trinajstić information content (AvgIpc) is 3.49. The number of nitrogens with zero attached hydrogens (tertiary/aromatic N) is 2. The van der Waals surface area contributed by atoms with Crippen molar-refractivity contribution < 1.29 is 9.59 Å². The predicted octanol–water partition coefficient (Wildman–Crippen LogP) is 2.03. The van der Waals surface area contributed by atoms with E-state index in [-0.39, 0.29) is 6.03 Å². The molecule has 6 heteroatoms. The van der Waals surface area contributed by atoms with Gasteiger partial charge in [-0.3, -0.25) is 4.79 Å². The quantitative estimate of drug-likeness (QED) is 0.889. The summed E-state index contributed by atoms with van der Waals surface area (Å²) >= 11 is 0. The number of hydrogen-bond donors (Lipinski definition) is 2. The number of anilines is 2. The van der Waals surface area contributed by atoms with Crippen LogP contribution in [-0.4, -0.2) is 49.1 Å². The largest absolute Gasteiger partial charge is 0.368 e. The second kappa shape index (κ2) is 6.34. The van der Waals surface area contributed by atoms with E-state index in [1.807, 2.05) is 29.2 Å². The SMILES string of the molecule is O=C(Nc1ccc(N2CCN(C(=O)C3CC3)CC2)cc1)NC1CC1. The maximum absolute atomic E-state index is 12.1. The molecule has 2 N–H and O–H groups in total. The lowest BCUT2D eigenvalue weighted by molar-refractivity contribution is -0.132. The van der Waals surface area contributed by atoms with Crippen LogP contribution in [0.15, 0.2) is 24.3 Å². The molecule has 1 saturated heterocycles. The van der Waals surface area contributed by atoms with Gasteiger partial charge < -0.3 is 20.4 Å². The second-order valence-electron chi connectivity index (χ2n) is 7.01. The average molecular weight is 328 g/mol. The number of urea groups is 1. The van der Waals surface area contributed by atoms with Gasteiger partial charge in [0.15, 0.2) is 0 Å². The highest BCUT2D eigenvalue weighted by Crippen LogP contribution is 2.31. The van der Waals surface area contributed by atoms with Crippen LogP contribution in [-0.2, 0) is 4.79 Å². The Morgan fingerprint density at radius 3 is 2.17 bits per heavy atom. The summed E-state index contributed by atoms with van der Waals surface area (Å²) in [6.45, 7) is 3.35. The molecule has 0 atom stereocenters. The Balaban J connectivity index is 1.28. The van der Waals surface area contributed by atoms with E-state index < -0.39 is 0 Å². The summed E-state index contributed by atoms with van der Waals surface area (Å²) < 4.78 is 0. The number of rotatable bonds is 4. The molecule has 0 unspecified atom stereocenters. The molecule has 1 aromatic rings. The molecular weight excluding hydrogens is 304 g/mol. The lowest BCUT2D eigenvalue weighted by Crippen LogP contribution is -2.49. The first-order chi connectivity index (χ1) is 11.7. The molecule has 1 heterocycles. The number of piperazine rings is 1. The molecule has 3 amide bonds. The van der Waals surface area contributed by atoms with Gasteiger partial charge in [0.25, 0.3) is 0 Å². The Morgan fingerprint density at radius 1 is 0.917 bits per heavy atom. The Kier molecular flexibility index (Phi) is 4.04. The van der Waals surface area contributed by atoms with Crippen LogP contribution in [0.1, 0.15) is 25.7 Å². The first-order valence-electron chi connectivity index (χ1n) is 8.90. The van der Waals surface area contributed by atoms with Crippen LogP contribution in [0.5, 0.6) is 0 Å². The maximum atomic E-state index is 12.1. The summed E-state index contributed by atoms with van der Waals surface area (Å²) in [6, 6.07) is 8.17. The molecule has 0 spiro atoms. The Morgan fingerprint density at radius 2 is 1.58 bits per heavy atom. The van der Waals surface area contributed by atoms with Gasteiger partial charge in [-0.1, -0.05) is 0 Å². The topological polar surface area (TPSA) is 64.7 Å². The van der Waals surface area contributed by atoms with Crippen LogP contribution >= 0.6 is 0 Å². The molecule has 24 heavy (non-hydrogen) atoms. The highest BCUT2D eigenvalue weighted by molar-refractivity contribution is 5.89. The molecule has 6 nitrogen and oxygen atoms in total. The molecule has 0 bridgehead atoms. The molecule has 2 saturated carbocycles. The van der Waals surface area contributed by atoms with Gasteiger partial charge in [-0.2, -0.15) is 0 Å². The number of benzene rings is 1. The van der Waals surface area contributed by atoms with E-state index in [1.165, 1.54) is 0 Å². The number of amides is 3. The van der Waals surface area contributed by atoms with Crippen molar-refractivity contribution in [2.24, 2.45) is 5.92 Å². The highest BCUT2D eigenvalue weighted by Gasteiger charge is 2.34. The molecule has 0 radical (unpaired) electrons. The molecule has 1 aliphatic heterocycles. The lowest BCUT2D eigenvalue weighted by Gasteiger charge is -2.36. The van der Waals surface area contributed by atoms with E-state index in [9.17, 15) is 9.59 Å². The zero-order chi connectivity index (χ0) is 16.5. The minimum absolute atomic E-state index is 0.127. The van der Waals surface area contributed by atoms with Gasteiger partial charge in [0.1, 0.15) is 0 Å². The molecular formula is C18H24N4O2. The van der Waals surface area contributed by atoms with Crippen LogP contribution in [0.25, 0.3) is 0 Å². The van der Waals surface area contributed by atoms with Crippen molar-refractivity contribution in [1.82, 2.24) is 10.2 Å². The van der Waals surface area contributed by atoms with E-state index in [4.69, 9.17) is 0 Å². The normalized spacial score (nSPS) is 20.7. The molecule has 2 aliphatic carbocycles. The van der Waals surface area contributed by atoms with E-state index in [0.717, 1.165) is 63.2 Å². The fourth-order valence-corrected chi connectivity index (χ4v) is 3.11. The third-order valence-electron chi connectivity index (χ3n) is 4.92. The van der Waals surface area contributed by atoms with Crippen LogP contribution < -0.4 is 15.5 Å². The molecule has 128 valence electrons. The fourth-order valence-electron chi connectivity index (χ4n) is 3.11. The van der Waals surface area contributed by atoms with Crippen LogP contribution in [0.2, 0.25) is 0 Å². The summed E-state index contributed by atoms with van der Waals surface area (Å²) in [4.78, 5) is 28.1. The number of carbonyl (C=O) groups is 2. The van der Waals surface area contributed by atoms with Crippen molar-refractivity contribution in [3.63, 3.8) is 0 Å². The summed E-state index contributed by atoms with van der Waals surface area (Å²) in [5.41, 5.74) is 1.95. The predicted molar refractivity (Wildman–Crippen MR) is 93.1 cm³/mol. The molecule has 1 aromatic carbocycles. The number of carbonyl (C=O) groups excluding carboxylic acids is 2. The van der Waals surface area contributed by atoms with E-state index in [2.05, 4.69) is 15.5 Å². The zero-order valence-electron chi connectivity index (χ0n) is 13.8. The van der Waals surface area contributed by atoms with Crippen molar-refractivity contribution in [3.05, 3.63) is 24.3 Å².